The van der Waals surface area contributed by atoms with Crippen LogP contribution in [0.4, 0.5) is 0 Å². The number of hydrogen-bond acceptors (Lipinski definition) is 3. The maximum absolute atomic E-state index is 12.6. The monoisotopic (exact) mass is 352 g/mol. The van der Waals surface area contributed by atoms with E-state index >= 15 is 0 Å². The lowest BCUT2D eigenvalue weighted by atomic mass is 9.70. The number of benzene rings is 2. The van der Waals surface area contributed by atoms with E-state index in [1.807, 2.05) is 13.0 Å². The zero-order valence-electron chi connectivity index (χ0n) is 14.4. The molecule has 134 valence electrons. The Bertz CT molecular complexity index is 836. The number of aryl methyl sites for hydroxylation is 1. The van der Waals surface area contributed by atoms with Crippen molar-refractivity contribution in [3.63, 3.8) is 0 Å². The summed E-state index contributed by atoms with van der Waals surface area (Å²) in [4.78, 5) is 36.3. The zero-order chi connectivity index (χ0) is 19.3. The zero-order valence-corrected chi connectivity index (χ0v) is 14.4. The summed E-state index contributed by atoms with van der Waals surface area (Å²) in [5.74, 6) is -3.22. The molecule has 0 amide bonds. The molecule has 1 atom stereocenters. The summed E-state index contributed by atoms with van der Waals surface area (Å²) >= 11 is 0. The Morgan fingerprint density at radius 3 is 2.04 bits per heavy atom. The van der Waals surface area contributed by atoms with E-state index in [0.29, 0.717) is 0 Å². The highest BCUT2D eigenvalue weighted by atomic mass is 16.4. The first kappa shape index (κ1) is 19.1. The van der Waals surface area contributed by atoms with Crippen LogP contribution in [-0.4, -0.2) is 27.9 Å². The number of carboxylic acid groups (broad SMARTS) is 2. The molecule has 0 aliphatic rings. The number of ketones is 1. The minimum Gasteiger partial charge on any atom is -0.480 e. The van der Waals surface area contributed by atoms with E-state index in [2.05, 4.69) is 6.58 Å². The van der Waals surface area contributed by atoms with E-state index in [1.165, 1.54) is 12.1 Å². The number of carbonyl (C=O) groups is 3. The molecule has 0 fully saturated rings. The average molecular weight is 352 g/mol. The Kier molecular flexibility index (Phi) is 5.72. The van der Waals surface area contributed by atoms with Crippen LogP contribution in [-0.2, 0) is 26.2 Å². The maximum Gasteiger partial charge on any atom is 0.332 e. The van der Waals surface area contributed by atoms with Crippen molar-refractivity contribution in [2.45, 2.75) is 25.2 Å². The molecule has 0 aliphatic carbocycles. The van der Waals surface area contributed by atoms with E-state index in [-0.39, 0.29) is 17.8 Å². The van der Waals surface area contributed by atoms with E-state index in [0.717, 1.165) is 11.1 Å². The van der Waals surface area contributed by atoms with Crippen LogP contribution in [0, 0.1) is 6.92 Å². The van der Waals surface area contributed by atoms with Gasteiger partial charge in [0.05, 0.1) is 5.57 Å². The molecule has 2 rings (SSSR count). The molecule has 2 aromatic rings. The Hall–Kier alpha value is -3.21. The normalized spacial score (nSPS) is 12.8. The molecule has 5 nitrogen and oxygen atoms in total. The minimum atomic E-state index is -2.01. The van der Waals surface area contributed by atoms with Crippen molar-refractivity contribution >= 4 is 17.7 Å². The van der Waals surface area contributed by atoms with E-state index in [9.17, 15) is 24.6 Å². The highest BCUT2D eigenvalue weighted by Gasteiger charge is 2.47. The average Bonchev–Trinajstić information content (AvgIpc) is 2.60. The van der Waals surface area contributed by atoms with Gasteiger partial charge in [-0.15, -0.1) is 0 Å². The summed E-state index contributed by atoms with van der Waals surface area (Å²) < 4.78 is 0. The lowest BCUT2D eigenvalue weighted by Gasteiger charge is -2.29. The number of carboxylic acids is 2. The van der Waals surface area contributed by atoms with Gasteiger partial charge in [0.15, 0.2) is 0 Å². The fourth-order valence-electron chi connectivity index (χ4n) is 2.91. The van der Waals surface area contributed by atoms with Crippen LogP contribution in [0.15, 0.2) is 66.7 Å². The van der Waals surface area contributed by atoms with Crippen molar-refractivity contribution in [2.75, 3.05) is 0 Å². The topological polar surface area (TPSA) is 91.7 Å². The fourth-order valence-corrected chi connectivity index (χ4v) is 2.91. The summed E-state index contributed by atoms with van der Waals surface area (Å²) in [5, 5.41) is 19.3. The van der Waals surface area contributed by atoms with E-state index in [1.54, 1.807) is 36.4 Å². The summed E-state index contributed by atoms with van der Waals surface area (Å²) in [5.41, 5.74) is -0.684. The molecule has 5 heteroatoms. The van der Waals surface area contributed by atoms with Gasteiger partial charge in [0, 0.05) is 12.8 Å². The second kappa shape index (κ2) is 7.78. The first-order chi connectivity index (χ1) is 12.3. The lowest BCUT2D eigenvalue weighted by Crippen LogP contribution is -2.42. The first-order valence-corrected chi connectivity index (χ1v) is 8.06. The predicted octanol–water partition coefficient (Wildman–Crippen LogP) is 3.16. The minimum absolute atomic E-state index is 0.0225. The summed E-state index contributed by atoms with van der Waals surface area (Å²) in [7, 11) is 0. The van der Waals surface area contributed by atoms with Gasteiger partial charge in [0.2, 0.25) is 0 Å². The third-order valence-electron chi connectivity index (χ3n) is 4.39. The van der Waals surface area contributed by atoms with E-state index < -0.39 is 29.3 Å². The van der Waals surface area contributed by atoms with Gasteiger partial charge in [-0.1, -0.05) is 66.7 Å². The Labute approximate surface area is 151 Å². The molecular formula is C21H20O5. The molecule has 0 saturated heterocycles. The Morgan fingerprint density at radius 1 is 0.962 bits per heavy atom. The summed E-state index contributed by atoms with van der Waals surface area (Å²) in [6.45, 7) is 5.31. The molecule has 26 heavy (non-hydrogen) atoms. The number of rotatable bonds is 8. The van der Waals surface area contributed by atoms with Gasteiger partial charge in [-0.2, -0.15) is 0 Å². The van der Waals surface area contributed by atoms with Crippen LogP contribution in [0.3, 0.4) is 0 Å². The van der Waals surface area contributed by atoms with Crippen molar-refractivity contribution in [3.8, 4) is 0 Å². The number of carbonyl (C=O) groups excluding carboxylic acids is 1. The molecule has 0 aromatic heterocycles. The van der Waals surface area contributed by atoms with Crippen LogP contribution in [0.2, 0.25) is 0 Å². The number of hydrogen-bond donors (Lipinski definition) is 2. The molecule has 0 spiro atoms. The van der Waals surface area contributed by atoms with E-state index in [4.69, 9.17) is 0 Å². The van der Waals surface area contributed by atoms with Crippen LogP contribution in [0.5, 0.6) is 0 Å². The van der Waals surface area contributed by atoms with Crippen molar-refractivity contribution in [1.82, 2.24) is 0 Å². The maximum atomic E-state index is 12.6. The highest BCUT2D eigenvalue weighted by molar-refractivity contribution is 6.03. The molecule has 1 unspecified atom stereocenters. The Balaban J connectivity index is 2.46. The molecule has 2 aromatic carbocycles. The molecule has 2 N–H and O–H groups in total. The van der Waals surface area contributed by atoms with Gasteiger partial charge < -0.3 is 10.2 Å². The molecule has 0 aliphatic heterocycles. The Morgan fingerprint density at radius 2 is 1.54 bits per heavy atom. The third kappa shape index (κ3) is 3.88. The van der Waals surface area contributed by atoms with Gasteiger partial charge in [-0.25, -0.2) is 4.79 Å². The second-order valence-corrected chi connectivity index (χ2v) is 6.24. The number of Topliss-reactive ketones (excluding diaryl/α,β-unsaturated/α-hetero) is 1. The van der Waals surface area contributed by atoms with Gasteiger partial charge >= 0.3 is 11.9 Å². The van der Waals surface area contributed by atoms with Gasteiger partial charge in [-0.05, 0) is 18.1 Å². The van der Waals surface area contributed by atoms with Crippen LogP contribution >= 0.6 is 0 Å². The SMILES string of the molecule is C=C(C(=O)O)C(CC(=O)Cc1ccccc1)(C(=O)O)c1ccc(C)cc1. The molecule has 0 bridgehead atoms. The smallest absolute Gasteiger partial charge is 0.332 e. The van der Waals surface area contributed by atoms with Crippen LogP contribution in [0.25, 0.3) is 0 Å². The quantitative estimate of drug-likeness (QED) is 0.712. The van der Waals surface area contributed by atoms with Crippen molar-refractivity contribution in [1.29, 1.82) is 0 Å². The molecule has 0 heterocycles. The predicted molar refractivity (Wildman–Crippen MR) is 97.0 cm³/mol. The first-order valence-electron chi connectivity index (χ1n) is 8.06. The van der Waals surface area contributed by atoms with Crippen molar-refractivity contribution in [2.24, 2.45) is 0 Å². The molecule has 0 saturated carbocycles. The standard InChI is InChI=1S/C21H20O5/c1-14-8-10-17(11-9-14)21(20(25)26,15(2)19(23)24)13-18(22)12-16-6-4-3-5-7-16/h3-11H,2,12-13H2,1H3,(H,23,24)(H,25,26). The van der Waals surface area contributed by atoms with Crippen LogP contribution in [0.1, 0.15) is 23.1 Å². The second-order valence-electron chi connectivity index (χ2n) is 6.24. The number of aliphatic carboxylic acids is 2. The summed E-state index contributed by atoms with van der Waals surface area (Å²) in [6, 6.07) is 15.3. The van der Waals surface area contributed by atoms with Crippen molar-refractivity contribution in [3.05, 3.63) is 83.4 Å². The van der Waals surface area contributed by atoms with Crippen LogP contribution < -0.4 is 0 Å². The largest absolute Gasteiger partial charge is 0.480 e. The van der Waals surface area contributed by atoms with Gasteiger partial charge in [0.1, 0.15) is 11.2 Å². The fraction of sp³-hybridized carbons (Fsp3) is 0.190. The van der Waals surface area contributed by atoms with Gasteiger partial charge in [-0.3, -0.25) is 9.59 Å². The molecular weight excluding hydrogens is 332 g/mol. The lowest BCUT2D eigenvalue weighted by molar-refractivity contribution is -0.147. The molecule has 0 radical (unpaired) electrons. The highest BCUT2D eigenvalue weighted by Crippen LogP contribution is 2.36. The van der Waals surface area contributed by atoms with Gasteiger partial charge in [0.25, 0.3) is 0 Å². The third-order valence-corrected chi connectivity index (χ3v) is 4.39. The van der Waals surface area contributed by atoms with Crippen molar-refractivity contribution < 1.29 is 24.6 Å². The summed E-state index contributed by atoms with van der Waals surface area (Å²) in [6.07, 6.45) is -0.458.